The van der Waals surface area contributed by atoms with E-state index in [1.165, 1.54) is 37.3 Å². The largest absolute Gasteiger partial charge is 0.396 e. The van der Waals surface area contributed by atoms with Crippen LogP contribution >= 0.6 is 0 Å². The third-order valence-corrected chi connectivity index (χ3v) is 4.92. The monoisotopic (exact) mass is 277 g/mol. The standard InChI is InChI=1S/C16H27N3O/c1-12(2)19-8-4-3-5-15(19)14-10-18-9-13(11-20)6-7-16(18)17-14/h10,12-13,15,20H,3-9,11H2,1-2H3. The van der Waals surface area contributed by atoms with Crippen molar-refractivity contribution in [3.05, 3.63) is 17.7 Å². The summed E-state index contributed by atoms with van der Waals surface area (Å²) in [4.78, 5) is 7.51. The van der Waals surface area contributed by atoms with Gasteiger partial charge >= 0.3 is 0 Å². The second-order valence-electron chi connectivity index (χ2n) is 6.66. The first kappa shape index (κ1) is 14.1. The van der Waals surface area contributed by atoms with E-state index in [4.69, 9.17) is 4.98 Å². The zero-order valence-electron chi connectivity index (χ0n) is 12.8. The Morgan fingerprint density at radius 1 is 1.35 bits per heavy atom. The lowest BCUT2D eigenvalue weighted by atomic mass is 9.98. The number of aryl methyl sites for hydroxylation is 1. The number of imidazole rings is 1. The van der Waals surface area contributed by atoms with Gasteiger partial charge in [-0.1, -0.05) is 6.42 Å². The van der Waals surface area contributed by atoms with Crippen molar-refractivity contribution in [3.8, 4) is 0 Å². The zero-order chi connectivity index (χ0) is 14.1. The van der Waals surface area contributed by atoms with Gasteiger partial charge in [-0.3, -0.25) is 4.90 Å². The van der Waals surface area contributed by atoms with Crippen LogP contribution in [-0.4, -0.2) is 38.8 Å². The van der Waals surface area contributed by atoms with Crippen molar-refractivity contribution in [3.63, 3.8) is 0 Å². The minimum atomic E-state index is 0.300. The van der Waals surface area contributed by atoms with Gasteiger partial charge in [0.2, 0.25) is 0 Å². The molecular formula is C16H27N3O. The Labute approximate surface area is 121 Å². The number of nitrogens with zero attached hydrogens (tertiary/aromatic N) is 3. The predicted octanol–water partition coefficient (Wildman–Crippen LogP) is 2.37. The average molecular weight is 277 g/mol. The number of aliphatic hydroxyl groups excluding tert-OH is 1. The van der Waals surface area contributed by atoms with Gasteiger partial charge in [-0.05, 0) is 39.7 Å². The van der Waals surface area contributed by atoms with Gasteiger partial charge in [-0.2, -0.15) is 0 Å². The molecule has 4 heteroatoms. The first-order chi connectivity index (χ1) is 9.69. The molecule has 0 saturated carbocycles. The highest BCUT2D eigenvalue weighted by Gasteiger charge is 2.29. The van der Waals surface area contributed by atoms with Crippen molar-refractivity contribution in [1.82, 2.24) is 14.5 Å². The highest BCUT2D eigenvalue weighted by molar-refractivity contribution is 5.12. The molecule has 0 aromatic carbocycles. The maximum atomic E-state index is 9.34. The Bertz CT molecular complexity index is 455. The SMILES string of the molecule is CC(C)N1CCCCC1c1cn2c(n1)CCC(CO)C2. The van der Waals surface area contributed by atoms with Crippen LogP contribution in [0, 0.1) is 5.92 Å². The Balaban J connectivity index is 1.81. The maximum absolute atomic E-state index is 9.34. The molecule has 0 bridgehead atoms. The number of rotatable bonds is 3. The second kappa shape index (κ2) is 5.86. The fraction of sp³-hybridized carbons (Fsp3) is 0.812. The van der Waals surface area contributed by atoms with E-state index >= 15 is 0 Å². The molecule has 2 aliphatic rings. The van der Waals surface area contributed by atoms with E-state index in [2.05, 4.69) is 29.5 Å². The molecule has 2 aliphatic heterocycles. The van der Waals surface area contributed by atoms with Crippen LogP contribution in [0.25, 0.3) is 0 Å². The summed E-state index contributed by atoms with van der Waals surface area (Å²) in [6.07, 6.45) is 8.20. The van der Waals surface area contributed by atoms with Crippen LogP contribution < -0.4 is 0 Å². The minimum Gasteiger partial charge on any atom is -0.396 e. The zero-order valence-corrected chi connectivity index (χ0v) is 12.8. The number of hydrogen-bond donors (Lipinski definition) is 1. The van der Waals surface area contributed by atoms with Crippen LogP contribution in [-0.2, 0) is 13.0 Å². The topological polar surface area (TPSA) is 41.3 Å². The molecule has 1 aromatic rings. The van der Waals surface area contributed by atoms with Crippen molar-refractivity contribution in [2.75, 3.05) is 13.2 Å². The van der Waals surface area contributed by atoms with Crippen molar-refractivity contribution < 1.29 is 5.11 Å². The highest BCUT2D eigenvalue weighted by atomic mass is 16.3. The van der Waals surface area contributed by atoms with E-state index < -0.39 is 0 Å². The lowest BCUT2D eigenvalue weighted by molar-refractivity contribution is 0.109. The van der Waals surface area contributed by atoms with Gasteiger partial charge < -0.3 is 9.67 Å². The summed E-state index contributed by atoms with van der Waals surface area (Å²) < 4.78 is 2.28. The molecule has 1 saturated heterocycles. The van der Waals surface area contributed by atoms with Crippen molar-refractivity contribution in [1.29, 1.82) is 0 Å². The second-order valence-corrected chi connectivity index (χ2v) is 6.66. The maximum Gasteiger partial charge on any atom is 0.109 e. The van der Waals surface area contributed by atoms with Crippen LogP contribution in [0.1, 0.15) is 57.1 Å². The normalized spacial score (nSPS) is 27.8. The molecule has 3 rings (SSSR count). The molecule has 0 amide bonds. The van der Waals surface area contributed by atoms with Gasteiger partial charge in [0.05, 0.1) is 11.7 Å². The quantitative estimate of drug-likeness (QED) is 0.922. The first-order valence-electron chi connectivity index (χ1n) is 8.11. The molecule has 4 nitrogen and oxygen atoms in total. The number of fused-ring (bicyclic) bond motifs is 1. The average Bonchev–Trinajstić information content (AvgIpc) is 2.89. The molecule has 0 spiro atoms. The van der Waals surface area contributed by atoms with Crippen molar-refractivity contribution in [2.45, 2.75) is 64.6 Å². The van der Waals surface area contributed by atoms with E-state index in [1.54, 1.807) is 0 Å². The molecule has 0 radical (unpaired) electrons. The Kier molecular flexibility index (Phi) is 4.13. The number of piperidine rings is 1. The summed E-state index contributed by atoms with van der Waals surface area (Å²) in [6.45, 7) is 7.01. The molecule has 20 heavy (non-hydrogen) atoms. The molecular weight excluding hydrogens is 250 g/mol. The smallest absolute Gasteiger partial charge is 0.109 e. The van der Waals surface area contributed by atoms with Gasteiger partial charge in [-0.25, -0.2) is 4.98 Å². The number of aromatic nitrogens is 2. The lowest BCUT2D eigenvalue weighted by Crippen LogP contribution is -2.38. The van der Waals surface area contributed by atoms with Crippen LogP contribution in [0.3, 0.4) is 0 Å². The number of aliphatic hydroxyl groups is 1. The van der Waals surface area contributed by atoms with Gasteiger partial charge in [-0.15, -0.1) is 0 Å². The summed E-state index contributed by atoms with van der Waals surface area (Å²) >= 11 is 0. The van der Waals surface area contributed by atoms with Gasteiger partial charge in [0, 0.05) is 37.7 Å². The number of hydrogen-bond acceptors (Lipinski definition) is 3. The highest BCUT2D eigenvalue weighted by Crippen LogP contribution is 2.33. The van der Waals surface area contributed by atoms with Crippen molar-refractivity contribution >= 4 is 0 Å². The third-order valence-electron chi connectivity index (χ3n) is 4.92. The van der Waals surface area contributed by atoms with Crippen LogP contribution in [0.5, 0.6) is 0 Å². The molecule has 3 heterocycles. The summed E-state index contributed by atoms with van der Waals surface area (Å²) in [5, 5.41) is 9.34. The van der Waals surface area contributed by atoms with Gasteiger partial charge in [0.1, 0.15) is 5.82 Å². The van der Waals surface area contributed by atoms with Crippen LogP contribution in [0.15, 0.2) is 6.20 Å². The van der Waals surface area contributed by atoms with E-state index in [0.717, 1.165) is 19.4 Å². The molecule has 2 atom stereocenters. The van der Waals surface area contributed by atoms with E-state index in [1.807, 2.05) is 0 Å². The fourth-order valence-corrected chi connectivity index (χ4v) is 3.74. The van der Waals surface area contributed by atoms with E-state index in [9.17, 15) is 5.11 Å². The fourth-order valence-electron chi connectivity index (χ4n) is 3.74. The number of likely N-dealkylation sites (tertiary alicyclic amines) is 1. The van der Waals surface area contributed by atoms with Crippen LogP contribution in [0.4, 0.5) is 0 Å². The Morgan fingerprint density at radius 3 is 2.95 bits per heavy atom. The summed E-state index contributed by atoms with van der Waals surface area (Å²) in [6, 6.07) is 1.08. The first-order valence-corrected chi connectivity index (χ1v) is 8.11. The van der Waals surface area contributed by atoms with E-state index in [-0.39, 0.29) is 0 Å². The molecule has 0 aliphatic carbocycles. The summed E-state index contributed by atoms with van der Waals surface area (Å²) in [7, 11) is 0. The minimum absolute atomic E-state index is 0.300. The molecule has 1 aromatic heterocycles. The van der Waals surface area contributed by atoms with Gasteiger partial charge in [0.15, 0.2) is 0 Å². The summed E-state index contributed by atoms with van der Waals surface area (Å²) in [5.41, 5.74) is 1.26. The molecule has 1 N–H and O–H groups in total. The predicted molar refractivity (Wildman–Crippen MR) is 79.6 cm³/mol. The van der Waals surface area contributed by atoms with Crippen LogP contribution in [0.2, 0.25) is 0 Å². The molecule has 1 fully saturated rings. The Hall–Kier alpha value is -0.870. The summed E-state index contributed by atoms with van der Waals surface area (Å²) in [5.74, 6) is 1.64. The van der Waals surface area contributed by atoms with E-state index in [0.29, 0.717) is 24.6 Å². The Morgan fingerprint density at radius 2 is 2.20 bits per heavy atom. The van der Waals surface area contributed by atoms with Crippen molar-refractivity contribution in [2.24, 2.45) is 5.92 Å². The molecule has 2 unspecified atom stereocenters. The van der Waals surface area contributed by atoms with Gasteiger partial charge in [0.25, 0.3) is 0 Å². The third kappa shape index (κ3) is 2.63. The lowest BCUT2D eigenvalue weighted by Gasteiger charge is -2.37. The molecule has 112 valence electrons.